The molecule has 0 radical (unpaired) electrons. The lowest BCUT2D eigenvalue weighted by Gasteiger charge is -2.36. The molecule has 0 spiro atoms. The second-order valence-corrected chi connectivity index (χ2v) is 7.60. The Morgan fingerprint density at radius 3 is 2.29 bits per heavy atom. The van der Waals surface area contributed by atoms with Crippen LogP contribution >= 0.6 is 12.6 Å². The molecule has 24 heavy (non-hydrogen) atoms. The number of nitrogens with zero attached hydrogens (tertiary/aromatic N) is 2. The summed E-state index contributed by atoms with van der Waals surface area (Å²) >= 11 is 4.53. The van der Waals surface area contributed by atoms with Gasteiger partial charge in [0.2, 0.25) is 0 Å². The fourth-order valence-corrected chi connectivity index (χ4v) is 3.37. The first-order valence-electron chi connectivity index (χ1n) is 9.55. The average Bonchev–Trinajstić information content (AvgIpc) is 2.60. The molecule has 0 aromatic heterocycles. The fraction of sp³-hybridized carbons (Fsp3) is 0.700. The van der Waals surface area contributed by atoms with Crippen LogP contribution in [0.2, 0.25) is 0 Å². The van der Waals surface area contributed by atoms with Crippen LogP contribution in [-0.4, -0.2) is 48.0 Å². The van der Waals surface area contributed by atoms with E-state index in [1.165, 1.54) is 31.2 Å². The van der Waals surface area contributed by atoms with Gasteiger partial charge in [-0.2, -0.15) is 12.6 Å². The molecule has 0 N–H and O–H groups in total. The number of hydrogen-bond donors (Lipinski definition) is 1. The van der Waals surface area contributed by atoms with E-state index in [1.807, 2.05) is 0 Å². The number of benzene rings is 1. The van der Waals surface area contributed by atoms with Crippen molar-refractivity contribution in [2.45, 2.75) is 57.9 Å². The van der Waals surface area contributed by atoms with Crippen molar-refractivity contribution in [1.82, 2.24) is 9.80 Å². The monoisotopic (exact) mass is 350 g/mol. The first kappa shape index (κ1) is 19.6. The van der Waals surface area contributed by atoms with Crippen molar-refractivity contribution >= 4 is 12.6 Å². The molecule has 1 unspecified atom stereocenters. The second kappa shape index (κ2) is 11.0. The molecule has 3 nitrogen and oxygen atoms in total. The van der Waals surface area contributed by atoms with Crippen molar-refractivity contribution in [1.29, 1.82) is 0 Å². The molecule has 1 saturated heterocycles. The van der Waals surface area contributed by atoms with Crippen molar-refractivity contribution in [3.8, 4) is 5.75 Å². The highest BCUT2D eigenvalue weighted by molar-refractivity contribution is 7.80. The van der Waals surface area contributed by atoms with E-state index in [2.05, 4.69) is 60.5 Å². The summed E-state index contributed by atoms with van der Waals surface area (Å²) in [5, 5.41) is 0.366. The Bertz CT molecular complexity index is 441. The summed E-state index contributed by atoms with van der Waals surface area (Å²) in [4.78, 5) is 4.95. The molecule has 0 amide bonds. The largest absolute Gasteiger partial charge is 0.494 e. The van der Waals surface area contributed by atoms with E-state index in [0.717, 1.165) is 51.5 Å². The van der Waals surface area contributed by atoms with Gasteiger partial charge in [0, 0.05) is 38.1 Å². The number of rotatable bonds is 10. The molecule has 1 aliphatic heterocycles. The molecule has 1 heterocycles. The molecule has 4 heteroatoms. The van der Waals surface area contributed by atoms with Gasteiger partial charge in [-0.15, -0.1) is 0 Å². The quantitative estimate of drug-likeness (QED) is 0.496. The third kappa shape index (κ3) is 7.04. The lowest BCUT2D eigenvalue weighted by Crippen LogP contribution is -2.47. The molecule has 1 aromatic carbocycles. The van der Waals surface area contributed by atoms with Gasteiger partial charge in [-0.05, 0) is 31.0 Å². The summed E-state index contributed by atoms with van der Waals surface area (Å²) in [5.41, 5.74) is 1.37. The van der Waals surface area contributed by atoms with Crippen molar-refractivity contribution in [2.24, 2.45) is 0 Å². The van der Waals surface area contributed by atoms with Crippen molar-refractivity contribution in [3.63, 3.8) is 0 Å². The zero-order valence-corrected chi connectivity index (χ0v) is 16.3. The van der Waals surface area contributed by atoms with Crippen LogP contribution in [0.15, 0.2) is 24.3 Å². The summed E-state index contributed by atoms with van der Waals surface area (Å²) in [7, 11) is 0. The summed E-state index contributed by atoms with van der Waals surface area (Å²) in [6, 6.07) is 8.65. The molecule has 1 atom stereocenters. The lowest BCUT2D eigenvalue weighted by atomic mass is 10.1. The maximum Gasteiger partial charge on any atom is 0.119 e. The van der Waals surface area contributed by atoms with Crippen LogP contribution in [0.4, 0.5) is 0 Å². The Labute approximate surface area is 153 Å². The molecule has 1 fully saturated rings. The Kier molecular flexibility index (Phi) is 9.00. The smallest absolute Gasteiger partial charge is 0.119 e. The van der Waals surface area contributed by atoms with Crippen LogP contribution in [0.3, 0.4) is 0 Å². The number of ether oxygens (including phenoxy) is 1. The SMILES string of the molecule is CCCCCCCOc1ccc(CN2CCN(C(C)S)CC2)cc1. The molecule has 2 rings (SSSR count). The number of thiol groups is 1. The molecule has 0 bridgehead atoms. The highest BCUT2D eigenvalue weighted by Crippen LogP contribution is 2.16. The van der Waals surface area contributed by atoms with Crippen molar-refractivity contribution in [2.75, 3.05) is 32.8 Å². The van der Waals surface area contributed by atoms with Crippen LogP contribution < -0.4 is 4.74 Å². The molecule has 0 aliphatic carbocycles. The average molecular weight is 351 g/mol. The third-order valence-electron chi connectivity index (χ3n) is 4.78. The maximum absolute atomic E-state index is 5.84. The van der Waals surface area contributed by atoms with E-state index in [4.69, 9.17) is 4.74 Å². The summed E-state index contributed by atoms with van der Waals surface area (Å²) in [6.45, 7) is 10.8. The van der Waals surface area contributed by atoms with E-state index >= 15 is 0 Å². The number of hydrogen-bond acceptors (Lipinski definition) is 4. The fourth-order valence-electron chi connectivity index (χ4n) is 3.14. The minimum absolute atomic E-state index is 0.366. The van der Waals surface area contributed by atoms with E-state index < -0.39 is 0 Å². The predicted molar refractivity (Wildman–Crippen MR) is 106 cm³/mol. The van der Waals surface area contributed by atoms with Gasteiger partial charge < -0.3 is 4.74 Å². The van der Waals surface area contributed by atoms with Gasteiger partial charge in [0.1, 0.15) is 5.75 Å². The molecule has 1 aromatic rings. The number of piperazine rings is 1. The van der Waals surface area contributed by atoms with Crippen LogP contribution in [0.1, 0.15) is 51.5 Å². The molecular formula is C20H34N2OS. The topological polar surface area (TPSA) is 15.7 Å². The molecule has 136 valence electrons. The molecular weight excluding hydrogens is 316 g/mol. The summed E-state index contributed by atoms with van der Waals surface area (Å²) < 4.78 is 5.84. The zero-order chi connectivity index (χ0) is 17.2. The third-order valence-corrected chi connectivity index (χ3v) is 5.11. The first-order valence-corrected chi connectivity index (χ1v) is 10.1. The van der Waals surface area contributed by atoms with Crippen molar-refractivity contribution in [3.05, 3.63) is 29.8 Å². The molecule has 1 aliphatic rings. The van der Waals surface area contributed by atoms with Gasteiger partial charge in [-0.25, -0.2) is 0 Å². The van der Waals surface area contributed by atoms with Gasteiger partial charge in [0.05, 0.1) is 6.61 Å². The maximum atomic E-state index is 5.84. The highest BCUT2D eigenvalue weighted by atomic mass is 32.1. The zero-order valence-electron chi connectivity index (χ0n) is 15.4. The highest BCUT2D eigenvalue weighted by Gasteiger charge is 2.18. The van der Waals surface area contributed by atoms with E-state index in [1.54, 1.807) is 0 Å². The molecule has 0 saturated carbocycles. The predicted octanol–water partition coefficient (Wildman–Crippen LogP) is 4.43. The lowest BCUT2D eigenvalue weighted by molar-refractivity contribution is 0.123. The van der Waals surface area contributed by atoms with E-state index in [0.29, 0.717) is 5.37 Å². The van der Waals surface area contributed by atoms with E-state index in [-0.39, 0.29) is 0 Å². The summed E-state index contributed by atoms with van der Waals surface area (Å²) in [5.74, 6) is 1.00. The van der Waals surface area contributed by atoms with Gasteiger partial charge in [0.25, 0.3) is 0 Å². The van der Waals surface area contributed by atoms with Crippen LogP contribution in [0.25, 0.3) is 0 Å². The summed E-state index contributed by atoms with van der Waals surface area (Å²) in [6.07, 6.45) is 6.41. The minimum atomic E-state index is 0.366. The van der Waals surface area contributed by atoms with Crippen LogP contribution in [-0.2, 0) is 6.54 Å². The number of unbranched alkanes of at least 4 members (excludes halogenated alkanes) is 4. The Morgan fingerprint density at radius 1 is 1.00 bits per heavy atom. The van der Waals surface area contributed by atoms with Gasteiger partial charge in [-0.1, -0.05) is 44.7 Å². The van der Waals surface area contributed by atoms with E-state index in [9.17, 15) is 0 Å². The van der Waals surface area contributed by atoms with Gasteiger partial charge in [-0.3, -0.25) is 9.80 Å². The van der Waals surface area contributed by atoms with Gasteiger partial charge >= 0.3 is 0 Å². The van der Waals surface area contributed by atoms with Gasteiger partial charge in [0.15, 0.2) is 0 Å². The Balaban J connectivity index is 1.65. The Hall–Kier alpha value is -0.710. The standard InChI is InChI=1S/C20H34N2OS/c1-3-4-5-6-7-16-23-20-10-8-19(9-11-20)17-21-12-14-22(15-13-21)18(2)24/h8-11,18,24H,3-7,12-17H2,1-2H3. The Morgan fingerprint density at radius 2 is 1.67 bits per heavy atom. The minimum Gasteiger partial charge on any atom is -0.494 e. The first-order chi connectivity index (χ1) is 11.7. The second-order valence-electron chi connectivity index (χ2n) is 6.85. The van der Waals surface area contributed by atoms with Crippen molar-refractivity contribution < 1.29 is 4.74 Å². The van der Waals surface area contributed by atoms with Crippen LogP contribution in [0.5, 0.6) is 5.75 Å². The van der Waals surface area contributed by atoms with Crippen LogP contribution in [0, 0.1) is 0 Å². The normalized spacial score (nSPS) is 17.8.